The minimum absolute atomic E-state index is 0.0486. The summed E-state index contributed by atoms with van der Waals surface area (Å²) in [4.78, 5) is 38.4. The molecule has 35 heavy (non-hydrogen) atoms. The van der Waals surface area contributed by atoms with E-state index in [0.717, 1.165) is 27.8 Å². The van der Waals surface area contributed by atoms with Crippen LogP contribution < -0.4 is 5.32 Å². The average molecular weight is 470 g/mol. The summed E-state index contributed by atoms with van der Waals surface area (Å²) in [5.74, 6) is -0.221. The Labute approximate surface area is 205 Å². The molecule has 0 aliphatic rings. The molecule has 2 amide bonds. The monoisotopic (exact) mass is 469 g/mol. The van der Waals surface area contributed by atoms with Crippen LogP contribution in [0.4, 0.5) is 0 Å². The number of carbonyl (C=O) groups excluding carboxylic acids is 2. The Morgan fingerprint density at radius 2 is 1.71 bits per heavy atom. The number of benzene rings is 2. The van der Waals surface area contributed by atoms with Gasteiger partial charge in [0.15, 0.2) is 0 Å². The summed E-state index contributed by atoms with van der Waals surface area (Å²) in [7, 11) is 3.42. The van der Waals surface area contributed by atoms with Crippen molar-refractivity contribution in [3.63, 3.8) is 0 Å². The Morgan fingerprint density at radius 1 is 1.00 bits per heavy atom. The molecule has 4 aromatic rings. The number of hydrogen-bond acceptors (Lipinski definition) is 4. The molecule has 0 fully saturated rings. The summed E-state index contributed by atoms with van der Waals surface area (Å²) in [5, 5.41) is 3.81. The SMILES string of the molecule is Cc1cc(-c2ncnc3[nH]c(C(=O)N(C)C)cc23)ccc1CNC(=O)c1ccc(C(C)(C)C)cc1. The highest BCUT2D eigenvalue weighted by Gasteiger charge is 2.17. The van der Waals surface area contributed by atoms with Crippen molar-refractivity contribution in [2.75, 3.05) is 14.1 Å². The van der Waals surface area contributed by atoms with Crippen molar-refractivity contribution in [3.8, 4) is 11.3 Å². The van der Waals surface area contributed by atoms with Gasteiger partial charge in [0.2, 0.25) is 0 Å². The van der Waals surface area contributed by atoms with Crippen LogP contribution in [0.3, 0.4) is 0 Å². The molecule has 2 N–H and O–H groups in total. The number of nitrogens with zero attached hydrogens (tertiary/aromatic N) is 3. The molecule has 0 atom stereocenters. The lowest BCUT2D eigenvalue weighted by atomic mass is 9.87. The van der Waals surface area contributed by atoms with Gasteiger partial charge in [-0.2, -0.15) is 0 Å². The van der Waals surface area contributed by atoms with Gasteiger partial charge >= 0.3 is 0 Å². The lowest BCUT2D eigenvalue weighted by Crippen LogP contribution is -2.23. The maximum atomic E-state index is 12.7. The molecule has 180 valence electrons. The molecule has 0 bridgehead atoms. The van der Waals surface area contributed by atoms with Gasteiger partial charge in [-0.15, -0.1) is 0 Å². The van der Waals surface area contributed by atoms with Crippen molar-refractivity contribution in [1.82, 2.24) is 25.2 Å². The fraction of sp³-hybridized carbons (Fsp3) is 0.286. The van der Waals surface area contributed by atoms with Crippen LogP contribution >= 0.6 is 0 Å². The quantitative estimate of drug-likeness (QED) is 0.437. The molecule has 4 rings (SSSR count). The van der Waals surface area contributed by atoms with Crippen molar-refractivity contribution in [2.45, 2.75) is 39.7 Å². The number of aromatic amines is 1. The van der Waals surface area contributed by atoms with Gasteiger partial charge in [0.25, 0.3) is 11.8 Å². The number of carbonyl (C=O) groups is 2. The first-order valence-electron chi connectivity index (χ1n) is 11.6. The topological polar surface area (TPSA) is 91.0 Å². The number of H-pyrrole nitrogens is 1. The molecule has 7 nitrogen and oxygen atoms in total. The molecule has 0 unspecified atom stereocenters. The first-order valence-corrected chi connectivity index (χ1v) is 11.6. The smallest absolute Gasteiger partial charge is 0.269 e. The van der Waals surface area contributed by atoms with Crippen LogP contribution in [0.25, 0.3) is 22.3 Å². The summed E-state index contributed by atoms with van der Waals surface area (Å²) in [6.07, 6.45) is 1.49. The normalized spacial score (nSPS) is 11.5. The molecule has 2 heterocycles. The number of rotatable bonds is 5. The van der Waals surface area contributed by atoms with E-state index in [4.69, 9.17) is 0 Å². The van der Waals surface area contributed by atoms with Crippen LogP contribution in [0.5, 0.6) is 0 Å². The number of nitrogens with one attached hydrogen (secondary N) is 2. The van der Waals surface area contributed by atoms with E-state index in [1.807, 2.05) is 49.4 Å². The standard InChI is InChI=1S/C28H31N5O2/c1-17-13-19(24-22-14-23(27(35)33(5)6)32-25(22)31-16-30-24)7-8-20(17)15-29-26(34)18-9-11-21(12-10-18)28(2,3)4/h7-14,16H,15H2,1-6H3,(H,29,34)(H,30,31,32). The minimum Gasteiger partial charge on any atom is -0.348 e. The van der Waals surface area contributed by atoms with E-state index in [0.29, 0.717) is 23.4 Å². The van der Waals surface area contributed by atoms with Crippen LogP contribution in [0.15, 0.2) is 54.9 Å². The molecule has 2 aromatic carbocycles. The maximum absolute atomic E-state index is 12.7. The molecule has 0 spiro atoms. The molecule has 0 saturated carbocycles. The van der Waals surface area contributed by atoms with E-state index >= 15 is 0 Å². The summed E-state index contributed by atoms with van der Waals surface area (Å²) < 4.78 is 0. The predicted octanol–water partition coefficient (Wildman–Crippen LogP) is 4.86. The molecule has 0 saturated heterocycles. The van der Waals surface area contributed by atoms with Crippen molar-refractivity contribution in [1.29, 1.82) is 0 Å². The fourth-order valence-corrected chi connectivity index (χ4v) is 3.97. The highest BCUT2D eigenvalue weighted by Crippen LogP contribution is 2.28. The zero-order valence-corrected chi connectivity index (χ0v) is 21.1. The van der Waals surface area contributed by atoms with Crippen LogP contribution in [-0.4, -0.2) is 45.8 Å². The second kappa shape index (κ2) is 9.33. The van der Waals surface area contributed by atoms with E-state index in [1.54, 1.807) is 20.2 Å². The molecule has 0 radical (unpaired) electrons. The van der Waals surface area contributed by atoms with Crippen molar-refractivity contribution in [3.05, 3.63) is 82.8 Å². The van der Waals surface area contributed by atoms with Crippen LogP contribution in [0.1, 0.15) is 58.3 Å². The van der Waals surface area contributed by atoms with Gasteiger partial charge in [-0.3, -0.25) is 9.59 Å². The largest absolute Gasteiger partial charge is 0.348 e. The second-order valence-electron chi connectivity index (χ2n) is 10.0. The second-order valence-corrected chi connectivity index (χ2v) is 10.0. The maximum Gasteiger partial charge on any atom is 0.269 e. The van der Waals surface area contributed by atoms with Crippen molar-refractivity contribution in [2.24, 2.45) is 0 Å². The molecule has 0 aliphatic carbocycles. The lowest BCUT2D eigenvalue weighted by molar-refractivity contribution is 0.0822. The van der Waals surface area contributed by atoms with E-state index < -0.39 is 0 Å². The fourth-order valence-electron chi connectivity index (χ4n) is 3.97. The van der Waals surface area contributed by atoms with E-state index in [-0.39, 0.29) is 17.2 Å². The third kappa shape index (κ3) is 5.09. The van der Waals surface area contributed by atoms with Crippen LogP contribution in [0, 0.1) is 6.92 Å². The molecular weight excluding hydrogens is 438 g/mol. The highest BCUT2D eigenvalue weighted by atomic mass is 16.2. The Morgan fingerprint density at radius 3 is 2.34 bits per heavy atom. The third-order valence-corrected chi connectivity index (χ3v) is 6.13. The minimum atomic E-state index is -0.121. The van der Waals surface area contributed by atoms with Crippen LogP contribution in [0.2, 0.25) is 0 Å². The Hall–Kier alpha value is -4.00. The summed E-state index contributed by atoms with van der Waals surface area (Å²) >= 11 is 0. The zero-order chi connectivity index (χ0) is 25.3. The van der Waals surface area contributed by atoms with Crippen molar-refractivity contribution >= 4 is 22.8 Å². The van der Waals surface area contributed by atoms with Gasteiger partial charge < -0.3 is 15.2 Å². The number of aryl methyl sites for hydroxylation is 1. The molecule has 0 aliphatic heterocycles. The van der Waals surface area contributed by atoms with Gasteiger partial charge in [0.05, 0.1) is 5.69 Å². The summed E-state index contributed by atoms with van der Waals surface area (Å²) in [6.45, 7) is 8.90. The number of aromatic nitrogens is 3. The molecular formula is C28H31N5O2. The van der Waals surface area contributed by atoms with Gasteiger partial charge in [0.1, 0.15) is 17.7 Å². The van der Waals surface area contributed by atoms with Gasteiger partial charge in [-0.1, -0.05) is 45.0 Å². The first-order chi connectivity index (χ1) is 16.5. The Bertz CT molecular complexity index is 1400. The van der Waals surface area contributed by atoms with Crippen molar-refractivity contribution < 1.29 is 9.59 Å². The molecule has 2 aromatic heterocycles. The number of hydrogen-bond donors (Lipinski definition) is 2. The van der Waals surface area contributed by atoms with Crippen LogP contribution in [-0.2, 0) is 12.0 Å². The zero-order valence-electron chi connectivity index (χ0n) is 21.1. The van der Waals surface area contributed by atoms with Gasteiger partial charge in [-0.05, 0) is 53.3 Å². The highest BCUT2D eigenvalue weighted by molar-refractivity contribution is 6.00. The van der Waals surface area contributed by atoms with E-state index in [1.165, 1.54) is 16.8 Å². The summed E-state index contributed by atoms with van der Waals surface area (Å²) in [5.41, 5.74) is 6.71. The third-order valence-electron chi connectivity index (χ3n) is 6.13. The Balaban J connectivity index is 1.52. The van der Waals surface area contributed by atoms with E-state index in [9.17, 15) is 9.59 Å². The lowest BCUT2D eigenvalue weighted by Gasteiger charge is -2.19. The average Bonchev–Trinajstić information content (AvgIpc) is 3.26. The predicted molar refractivity (Wildman–Crippen MR) is 138 cm³/mol. The summed E-state index contributed by atoms with van der Waals surface area (Å²) in [6, 6.07) is 15.6. The van der Waals surface area contributed by atoms with Gasteiger partial charge in [-0.25, -0.2) is 9.97 Å². The Kier molecular flexibility index (Phi) is 6.43. The molecule has 7 heteroatoms. The first kappa shape index (κ1) is 24.1. The van der Waals surface area contributed by atoms with Gasteiger partial charge in [0, 0.05) is 37.2 Å². The van der Waals surface area contributed by atoms with E-state index in [2.05, 4.69) is 41.0 Å². The number of fused-ring (bicyclic) bond motifs is 1. The number of amides is 2.